The molecule has 0 N–H and O–H groups in total. The van der Waals surface area contributed by atoms with Crippen LogP contribution in [0.1, 0.15) is 43.7 Å². The molecule has 1 saturated heterocycles. The number of thiophene rings is 1. The number of hydrogen-bond donors (Lipinski definition) is 0. The molecule has 2 aliphatic rings. The van der Waals surface area contributed by atoms with Crippen molar-refractivity contribution in [2.24, 2.45) is 0 Å². The highest BCUT2D eigenvalue weighted by Gasteiger charge is 2.29. The first-order valence-corrected chi connectivity index (χ1v) is 12.2. The molecule has 3 heterocycles. The molecule has 3 aromatic rings. The largest absolute Gasteiger partial charge is 0.372 e. The van der Waals surface area contributed by atoms with Crippen LogP contribution in [0.25, 0.3) is 10.7 Å². The summed E-state index contributed by atoms with van der Waals surface area (Å²) in [7, 11) is 2.14. The van der Waals surface area contributed by atoms with Crippen LogP contribution in [0.15, 0.2) is 41.8 Å². The Morgan fingerprint density at radius 1 is 1.10 bits per heavy atom. The number of piperidine rings is 1. The molecule has 30 heavy (non-hydrogen) atoms. The third kappa shape index (κ3) is 4.24. The number of benzene rings is 1. The van der Waals surface area contributed by atoms with Gasteiger partial charge in [0, 0.05) is 31.4 Å². The van der Waals surface area contributed by atoms with E-state index in [9.17, 15) is 0 Å². The summed E-state index contributed by atoms with van der Waals surface area (Å²) in [6, 6.07) is 13.8. The first-order valence-electron chi connectivity index (χ1n) is 10.9. The van der Waals surface area contributed by atoms with E-state index in [0.29, 0.717) is 12.7 Å². The van der Waals surface area contributed by atoms with E-state index >= 15 is 0 Å². The summed E-state index contributed by atoms with van der Waals surface area (Å²) in [5.41, 5.74) is 2.68. The summed E-state index contributed by atoms with van der Waals surface area (Å²) in [5, 5.41) is 7.01. The van der Waals surface area contributed by atoms with Gasteiger partial charge in [0.25, 0.3) is 0 Å². The summed E-state index contributed by atoms with van der Waals surface area (Å²) in [4.78, 5) is 5.99. The number of hydrogen-bond acceptors (Lipinski definition) is 5. The van der Waals surface area contributed by atoms with Gasteiger partial charge < -0.3 is 4.90 Å². The van der Waals surface area contributed by atoms with Gasteiger partial charge in [-0.3, -0.25) is 9.47 Å². The topological polar surface area (TPSA) is 29.2 Å². The zero-order chi connectivity index (χ0) is 20.5. The third-order valence-electron chi connectivity index (χ3n) is 6.01. The van der Waals surface area contributed by atoms with E-state index in [1.54, 1.807) is 11.3 Å². The highest BCUT2D eigenvalue weighted by Crippen LogP contribution is 2.39. The minimum Gasteiger partial charge on any atom is -0.372 e. The van der Waals surface area contributed by atoms with Crippen molar-refractivity contribution < 1.29 is 0 Å². The molecule has 2 fully saturated rings. The standard InChI is InChI=1S/C23H29N5S2/c1-25(16-18-7-9-19(10-8-18)26-13-3-2-4-14-26)17-27-23(29)28(20-11-12-20)22(24-27)21-6-5-15-30-21/h5-10,15,20H,2-4,11-14,16-17H2,1H3. The predicted octanol–water partition coefficient (Wildman–Crippen LogP) is 5.56. The van der Waals surface area contributed by atoms with Gasteiger partial charge in [-0.1, -0.05) is 18.2 Å². The molecule has 1 aliphatic carbocycles. The van der Waals surface area contributed by atoms with Crippen LogP contribution in [0.3, 0.4) is 0 Å². The van der Waals surface area contributed by atoms with Gasteiger partial charge in [0.05, 0.1) is 11.5 Å². The first kappa shape index (κ1) is 20.0. The number of nitrogens with zero attached hydrogens (tertiary/aromatic N) is 5. The Labute approximate surface area is 187 Å². The van der Waals surface area contributed by atoms with E-state index < -0.39 is 0 Å². The number of rotatable bonds is 7. The quantitative estimate of drug-likeness (QED) is 0.451. The molecular formula is C23H29N5S2. The van der Waals surface area contributed by atoms with Gasteiger partial charge in [-0.15, -0.1) is 16.4 Å². The van der Waals surface area contributed by atoms with E-state index in [-0.39, 0.29) is 0 Å². The molecule has 158 valence electrons. The van der Waals surface area contributed by atoms with E-state index in [1.165, 1.54) is 61.3 Å². The highest BCUT2D eigenvalue weighted by atomic mass is 32.1. The van der Waals surface area contributed by atoms with Crippen LogP contribution in [0.4, 0.5) is 5.69 Å². The van der Waals surface area contributed by atoms with Crippen molar-refractivity contribution >= 4 is 29.2 Å². The lowest BCUT2D eigenvalue weighted by atomic mass is 10.1. The van der Waals surface area contributed by atoms with Crippen LogP contribution in [-0.4, -0.2) is 39.4 Å². The molecule has 0 unspecified atom stereocenters. The van der Waals surface area contributed by atoms with Gasteiger partial charge in [-0.2, -0.15) is 0 Å². The van der Waals surface area contributed by atoms with E-state index in [2.05, 4.69) is 63.2 Å². The molecule has 5 nitrogen and oxygen atoms in total. The predicted molar refractivity (Wildman–Crippen MR) is 127 cm³/mol. The lowest BCUT2D eigenvalue weighted by Crippen LogP contribution is -2.29. The molecule has 5 rings (SSSR count). The van der Waals surface area contributed by atoms with Gasteiger partial charge in [0.15, 0.2) is 10.6 Å². The molecule has 0 atom stereocenters. The third-order valence-corrected chi connectivity index (χ3v) is 7.28. The van der Waals surface area contributed by atoms with Gasteiger partial charge in [-0.25, -0.2) is 4.68 Å². The summed E-state index contributed by atoms with van der Waals surface area (Å²) < 4.78 is 5.10. The molecule has 1 aromatic carbocycles. The van der Waals surface area contributed by atoms with Crippen LogP contribution in [0, 0.1) is 4.77 Å². The average Bonchev–Trinajstić information content (AvgIpc) is 3.34. The molecule has 7 heteroatoms. The average molecular weight is 440 g/mol. The van der Waals surface area contributed by atoms with Crippen molar-refractivity contribution in [2.75, 3.05) is 25.0 Å². The summed E-state index contributed by atoms with van der Waals surface area (Å²) in [6.07, 6.45) is 6.40. The second kappa shape index (κ2) is 8.65. The van der Waals surface area contributed by atoms with Gasteiger partial charge in [0.1, 0.15) is 0 Å². The summed E-state index contributed by atoms with van der Waals surface area (Å²) in [5.74, 6) is 1.02. The number of aromatic nitrogens is 3. The lowest BCUT2D eigenvalue weighted by Gasteiger charge is -2.29. The molecular weight excluding hydrogens is 410 g/mol. The molecule has 0 amide bonds. The zero-order valence-corrected chi connectivity index (χ0v) is 19.2. The Morgan fingerprint density at radius 3 is 2.53 bits per heavy atom. The molecule has 0 spiro atoms. The highest BCUT2D eigenvalue weighted by molar-refractivity contribution is 7.71. The SMILES string of the molecule is CN(Cc1ccc(N2CCCCC2)cc1)Cn1nc(-c2cccs2)n(C2CC2)c1=S. The van der Waals surface area contributed by atoms with Crippen LogP contribution >= 0.6 is 23.6 Å². The number of anilines is 1. The van der Waals surface area contributed by atoms with Crippen molar-refractivity contribution in [3.8, 4) is 10.7 Å². The Hall–Kier alpha value is -1.96. The minimum atomic E-state index is 0.524. The Morgan fingerprint density at radius 2 is 1.87 bits per heavy atom. The second-order valence-corrected chi connectivity index (χ2v) is 9.87. The van der Waals surface area contributed by atoms with Crippen molar-refractivity contribution in [3.63, 3.8) is 0 Å². The molecule has 0 radical (unpaired) electrons. The molecule has 1 aliphatic heterocycles. The second-order valence-electron chi connectivity index (χ2n) is 8.55. The zero-order valence-electron chi connectivity index (χ0n) is 17.5. The smallest absolute Gasteiger partial charge is 0.199 e. The fourth-order valence-corrected chi connectivity index (χ4v) is 5.34. The fourth-order valence-electron chi connectivity index (χ4n) is 4.30. The van der Waals surface area contributed by atoms with Crippen molar-refractivity contribution in [1.29, 1.82) is 0 Å². The van der Waals surface area contributed by atoms with Gasteiger partial charge in [-0.05, 0) is 80.5 Å². The monoisotopic (exact) mass is 439 g/mol. The maximum absolute atomic E-state index is 5.81. The van der Waals surface area contributed by atoms with Crippen molar-refractivity contribution in [1.82, 2.24) is 19.2 Å². The molecule has 2 aromatic heterocycles. The first-order chi connectivity index (χ1) is 14.7. The Balaban J connectivity index is 1.28. The molecule has 0 bridgehead atoms. The Kier molecular flexibility index (Phi) is 5.76. The minimum absolute atomic E-state index is 0.524. The van der Waals surface area contributed by atoms with Gasteiger partial charge >= 0.3 is 0 Å². The van der Waals surface area contributed by atoms with E-state index in [4.69, 9.17) is 17.3 Å². The maximum Gasteiger partial charge on any atom is 0.199 e. The molecule has 1 saturated carbocycles. The Bertz CT molecular complexity index is 1020. The normalized spacial score (nSPS) is 17.1. The summed E-state index contributed by atoms with van der Waals surface area (Å²) in [6.45, 7) is 3.96. The maximum atomic E-state index is 5.81. The van der Waals surface area contributed by atoms with Crippen LogP contribution in [-0.2, 0) is 13.2 Å². The van der Waals surface area contributed by atoms with Crippen molar-refractivity contribution in [2.45, 2.75) is 51.4 Å². The van der Waals surface area contributed by atoms with E-state index in [0.717, 1.165) is 17.1 Å². The summed E-state index contributed by atoms with van der Waals surface area (Å²) >= 11 is 7.54. The van der Waals surface area contributed by atoms with E-state index in [1.807, 2.05) is 4.68 Å². The van der Waals surface area contributed by atoms with Gasteiger partial charge in [0.2, 0.25) is 0 Å². The fraction of sp³-hybridized carbons (Fsp3) is 0.478. The van der Waals surface area contributed by atoms with Crippen LogP contribution in [0.5, 0.6) is 0 Å². The lowest BCUT2D eigenvalue weighted by molar-refractivity contribution is 0.244. The van der Waals surface area contributed by atoms with Crippen molar-refractivity contribution in [3.05, 3.63) is 52.1 Å². The van der Waals surface area contributed by atoms with Crippen LogP contribution in [0.2, 0.25) is 0 Å². The van der Waals surface area contributed by atoms with Crippen LogP contribution < -0.4 is 4.90 Å².